The molecule has 1 aliphatic heterocycles. The zero-order chi connectivity index (χ0) is 18.2. The van der Waals surface area contributed by atoms with Gasteiger partial charge in [-0.15, -0.1) is 0 Å². The minimum atomic E-state index is -3.91. The zero-order valence-corrected chi connectivity index (χ0v) is 14.5. The van der Waals surface area contributed by atoms with Crippen LogP contribution in [0.1, 0.15) is 27.6 Å². The Morgan fingerprint density at radius 1 is 1.20 bits per heavy atom. The summed E-state index contributed by atoms with van der Waals surface area (Å²) in [5.41, 5.74) is 0.680. The van der Waals surface area contributed by atoms with E-state index in [4.69, 9.17) is 4.74 Å². The van der Waals surface area contributed by atoms with E-state index in [1.165, 1.54) is 25.3 Å². The fourth-order valence-corrected chi connectivity index (χ4v) is 4.28. The van der Waals surface area contributed by atoms with E-state index < -0.39 is 21.8 Å². The van der Waals surface area contributed by atoms with E-state index in [-0.39, 0.29) is 22.6 Å². The molecule has 25 heavy (non-hydrogen) atoms. The first-order chi connectivity index (χ1) is 11.9. The number of rotatable bonds is 4. The van der Waals surface area contributed by atoms with Crippen molar-refractivity contribution in [3.05, 3.63) is 53.6 Å². The second-order valence-electron chi connectivity index (χ2n) is 5.34. The van der Waals surface area contributed by atoms with Crippen molar-refractivity contribution in [3.63, 3.8) is 0 Å². The minimum Gasteiger partial charge on any atom is -0.495 e. The molecule has 0 bridgehead atoms. The molecule has 0 spiro atoms. The molecule has 0 unspecified atom stereocenters. The lowest BCUT2D eigenvalue weighted by molar-refractivity contribution is 0.0875. The largest absolute Gasteiger partial charge is 0.495 e. The number of nitrogens with zero attached hydrogens (tertiary/aromatic N) is 1. The monoisotopic (exact) mass is 360 g/mol. The van der Waals surface area contributed by atoms with Crippen LogP contribution in [-0.2, 0) is 10.0 Å². The van der Waals surface area contributed by atoms with Gasteiger partial charge < -0.3 is 10.1 Å². The summed E-state index contributed by atoms with van der Waals surface area (Å²) >= 11 is 0. The van der Waals surface area contributed by atoms with Crippen LogP contribution in [0, 0.1) is 0 Å². The Morgan fingerprint density at radius 2 is 1.92 bits per heavy atom. The van der Waals surface area contributed by atoms with Crippen LogP contribution in [0.4, 0.5) is 5.69 Å². The summed E-state index contributed by atoms with van der Waals surface area (Å²) < 4.78 is 30.8. The van der Waals surface area contributed by atoms with E-state index in [2.05, 4.69) is 5.32 Å². The smallest absolute Gasteiger partial charge is 0.268 e. The van der Waals surface area contributed by atoms with Gasteiger partial charge in [0.25, 0.3) is 21.8 Å². The van der Waals surface area contributed by atoms with E-state index in [9.17, 15) is 18.0 Å². The summed E-state index contributed by atoms with van der Waals surface area (Å²) in [5.74, 6) is -0.587. The molecule has 2 amide bonds. The normalized spacial score (nSPS) is 15.0. The number of hydrogen-bond acceptors (Lipinski definition) is 5. The lowest BCUT2D eigenvalue weighted by atomic mass is 10.1. The van der Waals surface area contributed by atoms with Gasteiger partial charge in [-0.25, -0.2) is 12.7 Å². The fourth-order valence-electron chi connectivity index (χ4n) is 2.67. The van der Waals surface area contributed by atoms with Gasteiger partial charge in [0.15, 0.2) is 0 Å². The van der Waals surface area contributed by atoms with Gasteiger partial charge >= 0.3 is 0 Å². The Kier molecular flexibility index (Phi) is 4.22. The number of amides is 2. The average molecular weight is 360 g/mol. The van der Waals surface area contributed by atoms with Crippen LogP contribution < -0.4 is 10.1 Å². The summed E-state index contributed by atoms with van der Waals surface area (Å²) in [6.07, 6.45) is 0. The molecule has 0 atom stereocenters. The second-order valence-corrected chi connectivity index (χ2v) is 7.17. The molecule has 130 valence electrons. The molecule has 7 nitrogen and oxygen atoms in total. The Labute approximate surface area is 145 Å². The number of carbonyl (C=O) groups excluding carboxylic acids is 2. The van der Waals surface area contributed by atoms with Crippen LogP contribution >= 0.6 is 0 Å². The van der Waals surface area contributed by atoms with Crippen molar-refractivity contribution in [1.29, 1.82) is 0 Å². The van der Waals surface area contributed by atoms with Gasteiger partial charge in [-0.05, 0) is 37.3 Å². The number of sulfonamides is 1. The van der Waals surface area contributed by atoms with E-state index in [1.807, 2.05) is 0 Å². The van der Waals surface area contributed by atoms with Gasteiger partial charge in [0.05, 0.1) is 18.4 Å². The summed E-state index contributed by atoms with van der Waals surface area (Å²) in [5, 5.41) is 2.68. The highest BCUT2D eigenvalue weighted by atomic mass is 32.2. The maximum Gasteiger partial charge on any atom is 0.268 e. The van der Waals surface area contributed by atoms with Crippen molar-refractivity contribution < 1.29 is 22.7 Å². The van der Waals surface area contributed by atoms with Crippen molar-refractivity contribution >= 4 is 27.5 Å². The standard InChI is InChI=1S/C17H16N2O5S/c1-3-19-17(21)12-9-8-11(10-15(12)25(19,22)23)16(20)18-13-6-4-5-7-14(13)24-2/h4-10H,3H2,1-2H3,(H,18,20). The summed E-state index contributed by atoms with van der Waals surface area (Å²) in [7, 11) is -2.42. The molecule has 2 aromatic rings. The molecule has 2 aromatic carbocycles. The van der Waals surface area contributed by atoms with Gasteiger partial charge in [-0.1, -0.05) is 12.1 Å². The molecule has 0 aliphatic carbocycles. The highest BCUT2D eigenvalue weighted by Crippen LogP contribution is 2.31. The Morgan fingerprint density at radius 3 is 2.60 bits per heavy atom. The molecular weight excluding hydrogens is 344 g/mol. The van der Waals surface area contributed by atoms with Crippen molar-refractivity contribution in [2.24, 2.45) is 0 Å². The zero-order valence-electron chi connectivity index (χ0n) is 13.6. The maximum absolute atomic E-state index is 12.5. The minimum absolute atomic E-state index is 0.0403. The Bertz CT molecular complexity index is 969. The van der Waals surface area contributed by atoms with Crippen molar-refractivity contribution in [2.75, 3.05) is 19.0 Å². The predicted octanol–water partition coefficient (Wildman–Crippen LogP) is 2.11. The number of benzene rings is 2. The third-order valence-electron chi connectivity index (χ3n) is 3.91. The van der Waals surface area contributed by atoms with Gasteiger partial charge in [-0.2, -0.15) is 0 Å². The van der Waals surface area contributed by atoms with Gasteiger partial charge in [0.2, 0.25) is 0 Å². The first-order valence-corrected chi connectivity index (χ1v) is 8.99. The number of anilines is 1. The van der Waals surface area contributed by atoms with Crippen molar-refractivity contribution in [3.8, 4) is 5.75 Å². The Hall–Kier alpha value is -2.87. The van der Waals surface area contributed by atoms with Gasteiger partial charge in [0.1, 0.15) is 10.6 Å². The molecule has 1 N–H and O–H groups in total. The lowest BCUT2D eigenvalue weighted by Gasteiger charge is -2.11. The summed E-state index contributed by atoms with van der Waals surface area (Å²) in [4.78, 5) is 24.4. The van der Waals surface area contributed by atoms with Crippen LogP contribution in [0.15, 0.2) is 47.4 Å². The molecule has 8 heteroatoms. The predicted molar refractivity (Wildman–Crippen MR) is 91.3 cm³/mol. The quantitative estimate of drug-likeness (QED) is 0.901. The highest BCUT2D eigenvalue weighted by Gasteiger charge is 2.40. The van der Waals surface area contributed by atoms with Gasteiger partial charge in [-0.3, -0.25) is 9.59 Å². The average Bonchev–Trinajstić information content (AvgIpc) is 2.80. The number of para-hydroxylation sites is 2. The third-order valence-corrected chi connectivity index (χ3v) is 5.81. The topological polar surface area (TPSA) is 92.8 Å². The van der Waals surface area contributed by atoms with Gasteiger partial charge in [0, 0.05) is 12.1 Å². The van der Waals surface area contributed by atoms with Crippen LogP contribution in [-0.4, -0.2) is 38.2 Å². The van der Waals surface area contributed by atoms with E-state index >= 15 is 0 Å². The van der Waals surface area contributed by atoms with E-state index in [1.54, 1.807) is 31.2 Å². The number of ether oxygens (including phenoxy) is 1. The maximum atomic E-state index is 12.5. The first-order valence-electron chi connectivity index (χ1n) is 7.55. The Balaban J connectivity index is 1.96. The van der Waals surface area contributed by atoms with E-state index in [0.717, 1.165) is 4.31 Å². The summed E-state index contributed by atoms with van der Waals surface area (Å²) in [6, 6.07) is 10.9. The molecule has 1 heterocycles. The van der Waals surface area contributed by atoms with E-state index in [0.29, 0.717) is 11.4 Å². The molecule has 0 saturated heterocycles. The number of carbonyl (C=O) groups is 2. The number of hydrogen-bond donors (Lipinski definition) is 1. The summed E-state index contributed by atoms with van der Waals surface area (Å²) in [6.45, 7) is 1.62. The van der Waals surface area contributed by atoms with Crippen molar-refractivity contribution in [1.82, 2.24) is 4.31 Å². The number of methoxy groups -OCH3 is 1. The molecule has 0 radical (unpaired) electrons. The third kappa shape index (κ3) is 2.74. The number of fused-ring (bicyclic) bond motifs is 1. The van der Waals surface area contributed by atoms with Crippen LogP contribution in [0.3, 0.4) is 0 Å². The lowest BCUT2D eigenvalue weighted by Crippen LogP contribution is -2.29. The molecule has 0 saturated carbocycles. The van der Waals surface area contributed by atoms with Crippen LogP contribution in [0.2, 0.25) is 0 Å². The number of nitrogens with one attached hydrogen (secondary N) is 1. The first kappa shape index (κ1) is 17.0. The molecule has 0 aromatic heterocycles. The van der Waals surface area contributed by atoms with Crippen molar-refractivity contribution in [2.45, 2.75) is 11.8 Å². The second kappa shape index (κ2) is 6.21. The van der Waals surface area contributed by atoms with Crippen LogP contribution in [0.25, 0.3) is 0 Å². The molecular formula is C17H16N2O5S. The fraction of sp³-hybridized carbons (Fsp3) is 0.176. The highest BCUT2D eigenvalue weighted by molar-refractivity contribution is 7.90. The molecule has 1 aliphatic rings. The molecule has 0 fully saturated rings. The van der Waals surface area contributed by atoms with Crippen LogP contribution in [0.5, 0.6) is 5.75 Å². The SMILES string of the molecule is CCN1C(=O)c2ccc(C(=O)Nc3ccccc3OC)cc2S1(=O)=O. The molecule has 3 rings (SSSR count).